The van der Waals surface area contributed by atoms with Crippen LogP contribution in [0.5, 0.6) is 0 Å². The molecule has 2 aliphatic carbocycles. The second kappa shape index (κ2) is 24.5. The van der Waals surface area contributed by atoms with Gasteiger partial charge in [0.2, 0.25) is 0 Å². The van der Waals surface area contributed by atoms with Gasteiger partial charge in [-0.3, -0.25) is 0 Å². The predicted molar refractivity (Wildman–Crippen MR) is 416 cm³/mol. The Labute approximate surface area is 576 Å². The van der Waals surface area contributed by atoms with E-state index in [0.717, 1.165) is 75.8 Å². The van der Waals surface area contributed by atoms with Crippen LogP contribution in [0.3, 0.4) is 0 Å². The molecule has 3 nitrogen and oxygen atoms in total. The number of anilines is 6. The fraction of sp³-hybridized carbons (Fsp3) is 0.0947. The summed E-state index contributed by atoms with van der Waals surface area (Å²) in [5.74, 6) is 0. The van der Waals surface area contributed by atoms with Gasteiger partial charge in [0.15, 0.2) is 0 Å². The van der Waals surface area contributed by atoms with Crippen molar-refractivity contribution in [1.82, 2.24) is 4.57 Å². The Morgan fingerprint density at radius 2 is 0.622 bits per heavy atom. The maximum atomic E-state index is 3.94. The van der Waals surface area contributed by atoms with E-state index in [-0.39, 0.29) is 10.8 Å². The summed E-state index contributed by atoms with van der Waals surface area (Å²) in [6, 6.07) is 122. The molecule has 15 aromatic rings. The fourth-order valence-corrected chi connectivity index (χ4v) is 15.8. The lowest BCUT2D eigenvalue weighted by molar-refractivity contribution is 0.660. The lowest BCUT2D eigenvalue weighted by Crippen LogP contribution is -2.16. The van der Waals surface area contributed by atoms with Crippen LogP contribution in [0.15, 0.2) is 334 Å². The van der Waals surface area contributed by atoms with E-state index in [4.69, 9.17) is 0 Å². The van der Waals surface area contributed by atoms with E-state index >= 15 is 0 Å². The lowest BCUT2D eigenvalue weighted by atomic mass is 9.82. The van der Waals surface area contributed by atoms with Gasteiger partial charge in [0.1, 0.15) is 0 Å². The molecular formula is C95H75N3. The summed E-state index contributed by atoms with van der Waals surface area (Å²) in [7, 11) is 0. The maximum absolute atomic E-state index is 3.94. The van der Waals surface area contributed by atoms with E-state index < -0.39 is 0 Å². The van der Waals surface area contributed by atoms with Gasteiger partial charge < -0.3 is 14.4 Å². The molecule has 1 aromatic heterocycles. The molecule has 98 heavy (non-hydrogen) atoms. The lowest BCUT2D eigenvalue weighted by Gasteiger charge is -2.28. The maximum Gasteiger partial charge on any atom is 0.0541 e. The highest BCUT2D eigenvalue weighted by Crippen LogP contribution is 2.53. The zero-order chi connectivity index (χ0) is 66.1. The van der Waals surface area contributed by atoms with Crippen LogP contribution in [0, 0.1) is 0 Å². The fourth-order valence-electron chi connectivity index (χ4n) is 15.8. The highest BCUT2D eigenvalue weighted by atomic mass is 15.1. The zero-order valence-electron chi connectivity index (χ0n) is 55.9. The van der Waals surface area contributed by atoms with Crippen LogP contribution >= 0.6 is 0 Å². The standard InChI is InChI=1S/C95H75N3/c1-6-64-28-30-65(31-29-64)18-17-19-66-32-44-79(45-33-66)98-92-58-42-73(71-38-50-77(51-39-71)96(75-46-34-69(35-47-75)67-20-9-7-10-21-67)80-54-56-84-82-24-13-15-26-88(82)94(2,3)90(84)62-80)60-86(92)87-61-74(43-59-93(87)98)72-40-52-78(53-41-72)97(76-48-36-70(37-49-76)68-22-11-8-12-23-68)81-55-57-85-83-25-14-16-27-89(83)95(4,5)91(85)63-81/h6-16,20-63H,1,17-19H2,2-5H3. The molecule has 1 heterocycles. The van der Waals surface area contributed by atoms with Crippen molar-refractivity contribution in [3.8, 4) is 72.4 Å². The smallest absolute Gasteiger partial charge is 0.0541 e. The molecule has 0 saturated carbocycles. The Hall–Kier alpha value is -11.8. The van der Waals surface area contributed by atoms with Crippen LogP contribution in [-0.4, -0.2) is 4.57 Å². The van der Waals surface area contributed by atoms with Crippen LogP contribution in [0.2, 0.25) is 0 Å². The highest BCUT2D eigenvalue weighted by Gasteiger charge is 2.37. The Morgan fingerprint density at radius 3 is 1.02 bits per heavy atom. The monoisotopic (exact) mass is 1260 g/mol. The highest BCUT2D eigenvalue weighted by molar-refractivity contribution is 6.12. The minimum Gasteiger partial charge on any atom is -0.310 e. The number of hydrogen-bond donors (Lipinski definition) is 0. The number of rotatable bonds is 16. The molecule has 0 amide bonds. The number of benzene rings is 14. The molecule has 3 heteroatoms. The van der Waals surface area contributed by atoms with Gasteiger partial charge in [-0.05, 0) is 234 Å². The van der Waals surface area contributed by atoms with Crippen molar-refractivity contribution in [2.45, 2.75) is 57.8 Å². The Kier molecular flexibility index (Phi) is 15.0. The first kappa shape index (κ1) is 59.9. The van der Waals surface area contributed by atoms with Crippen molar-refractivity contribution >= 4 is 62.0 Å². The molecule has 0 atom stereocenters. The van der Waals surface area contributed by atoms with Crippen molar-refractivity contribution < 1.29 is 0 Å². The van der Waals surface area contributed by atoms with Crippen LogP contribution < -0.4 is 9.80 Å². The van der Waals surface area contributed by atoms with Crippen molar-refractivity contribution in [3.63, 3.8) is 0 Å². The van der Waals surface area contributed by atoms with E-state index in [1.165, 1.54) is 111 Å². The SMILES string of the molecule is C=Cc1ccc(CCCc2ccc(-n3c4ccc(-c5ccc(N(c6ccc(-c7ccccc7)cc6)c6ccc7c(c6)C(C)(C)c6ccccc6-7)cc5)cc4c4cc(-c5ccc(N(c6ccc(-c7ccccc7)cc6)c6ccc7c(c6)C(C)(C)c6ccccc6-7)cc5)ccc43)cc2)cc1. The second-order valence-corrected chi connectivity index (χ2v) is 27.7. The van der Waals surface area contributed by atoms with Gasteiger partial charge in [-0.25, -0.2) is 0 Å². The summed E-state index contributed by atoms with van der Waals surface area (Å²) in [4.78, 5) is 4.84. The minimum atomic E-state index is -0.139. The number of nitrogens with zero attached hydrogens (tertiary/aromatic N) is 3. The van der Waals surface area contributed by atoms with Gasteiger partial charge in [-0.1, -0.05) is 259 Å². The molecule has 0 N–H and O–H groups in total. The molecule has 0 aliphatic heterocycles. The van der Waals surface area contributed by atoms with E-state index in [1.54, 1.807) is 0 Å². The van der Waals surface area contributed by atoms with E-state index in [2.05, 4.69) is 376 Å². The van der Waals surface area contributed by atoms with Crippen LogP contribution in [0.25, 0.3) is 100 Å². The summed E-state index contributed by atoms with van der Waals surface area (Å²) < 4.78 is 2.46. The second-order valence-electron chi connectivity index (χ2n) is 27.7. The molecule has 0 fully saturated rings. The third kappa shape index (κ3) is 10.6. The third-order valence-corrected chi connectivity index (χ3v) is 21.1. The van der Waals surface area contributed by atoms with Gasteiger partial charge in [-0.2, -0.15) is 0 Å². The van der Waals surface area contributed by atoms with Crippen molar-refractivity contribution in [2.24, 2.45) is 0 Å². The largest absolute Gasteiger partial charge is 0.310 e. The van der Waals surface area contributed by atoms with Gasteiger partial charge in [0.25, 0.3) is 0 Å². The summed E-state index contributed by atoms with van der Waals surface area (Å²) in [6.45, 7) is 13.4. The average molecular weight is 1260 g/mol. The van der Waals surface area contributed by atoms with E-state index in [0.29, 0.717) is 0 Å². The molecule has 0 saturated heterocycles. The first-order valence-electron chi connectivity index (χ1n) is 34.5. The molecule has 2 aliphatic rings. The van der Waals surface area contributed by atoms with Gasteiger partial charge in [-0.15, -0.1) is 0 Å². The molecule has 14 aromatic carbocycles. The predicted octanol–water partition coefficient (Wildman–Crippen LogP) is 25.8. The van der Waals surface area contributed by atoms with Crippen molar-refractivity contribution in [2.75, 3.05) is 9.80 Å². The average Bonchev–Trinajstić information content (AvgIpc) is 1.59. The third-order valence-electron chi connectivity index (χ3n) is 21.1. The number of aryl methyl sites for hydroxylation is 2. The quantitative estimate of drug-likeness (QED) is 0.0955. The Balaban J connectivity index is 0.740. The minimum absolute atomic E-state index is 0.139. The first-order valence-corrected chi connectivity index (χ1v) is 34.5. The molecule has 0 spiro atoms. The topological polar surface area (TPSA) is 11.4 Å². The summed E-state index contributed by atoms with van der Waals surface area (Å²) in [5, 5.41) is 2.42. The molecule has 0 radical (unpaired) electrons. The van der Waals surface area contributed by atoms with Gasteiger partial charge in [0.05, 0.1) is 11.0 Å². The summed E-state index contributed by atoms with van der Waals surface area (Å²) in [5.41, 5.74) is 33.9. The Morgan fingerprint density at radius 1 is 0.296 bits per heavy atom. The molecule has 470 valence electrons. The zero-order valence-corrected chi connectivity index (χ0v) is 55.9. The molecule has 0 bridgehead atoms. The van der Waals surface area contributed by atoms with Gasteiger partial charge >= 0.3 is 0 Å². The molecule has 0 unspecified atom stereocenters. The number of aromatic nitrogens is 1. The Bertz CT molecular complexity index is 5190. The van der Waals surface area contributed by atoms with Crippen molar-refractivity contribution in [1.29, 1.82) is 0 Å². The summed E-state index contributed by atoms with van der Waals surface area (Å²) in [6.07, 6.45) is 5.04. The van der Waals surface area contributed by atoms with Crippen LogP contribution in [0.4, 0.5) is 34.1 Å². The summed E-state index contributed by atoms with van der Waals surface area (Å²) >= 11 is 0. The molecular weight excluding hydrogens is 1180 g/mol. The van der Waals surface area contributed by atoms with Crippen molar-refractivity contribution in [3.05, 3.63) is 373 Å². The van der Waals surface area contributed by atoms with Crippen LogP contribution in [0.1, 0.15) is 73.1 Å². The normalized spacial score (nSPS) is 13.0. The van der Waals surface area contributed by atoms with Gasteiger partial charge in [0, 0.05) is 61.4 Å². The number of fused-ring (bicyclic) bond motifs is 9. The van der Waals surface area contributed by atoms with Crippen LogP contribution in [-0.2, 0) is 23.7 Å². The van der Waals surface area contributed by atoms with E-state index in [9.17, 15) is 0 Å². The molecule has 17 rings (SSSR count). The first-order chi connectivity index (χ1) is 48.0. The van der Waals surface area contributed by atoms with E-state index in [1.807, 2.05) is 6.08 Å². The number of hydrogen-bond acceptors (Lipinski definition) is 2.